The molecule has 1 saturated heterocycles. The van der Waals surface area contributed by atoms with Crippen molar-refractivity contribution in [3.63, 3.8) is 0 Å². The summed E-state index contributed by atoms with van der Waals surface area (Å²) in [5, 5.41) is 11.0. The average molecular weight is 273 g/mol. The number of carbonyl (C=O) groups is 1. The van der Waals surface area contributed by atoms with Gasteiger partial charge in [0.25, 0.3) is 0 Å². The van der Waals surface area contributed by atoms with Gasteiger partial charge in [-0.3, -0.25) is 4.79 Å². The van der Waals surface area contributed by atoms with E-state index in [1.54, 1.807) is 6.92 Å². The van der Waals surface area contributed by atoms with Crippen molar-refractivity contribution >= 4 is 5.91 Å². The topological polar surface area (TPSA) is 40.5 Å². The largest absolute Gasteiger partial charge is 0.389 e. The summed E-state index contributed by atoms with van der Waals surface area (Å²) in [7, 11) is 0. The molecule has 0 unspecified atom stereocenters. The molecule has 1 amide bonds. The second-order valence-electron chi connectivity index (χ2n) is 6.27. The summed E-state index contributed by atoms with van der Waals surface area (Å²) in [6.07, 6.45) is 4.88. The number of fused-ring (bicyclic) bond motifs is 1. The molecule has 1 aromatic rings. The van der Waals surface area contributed by atoms with Gasteiger partial charge < -0.3 is 10.0 Å². The van der Waals surface area contributed by atoms with Crippen LogP contribution >= 0.6 is 0 Å². The highest BCUT2D eigenvalue weighted by Crippen LogP contribution is 2.49. The Morgan fingerprint density at radius 2 is 2.00 bits per heavy atom. The van der Waals surface area contributed by atoms with Crippen molar-refractivity contribution in [2.24, 2.45) is 5.92 Å². The zero-order valence-electron chi connectivity index (χ0n) is 12.1. The molecule has 1 heterocycles. The smallest absolute Gasteiger partial charge is 0.219 e. The van der Waals surface area contributed by atoms with Crippen molar-refractivity contribution in [3.8, 4) is 0 Å². The minimum atomic E-state index is -0.579. The van der Waals surface area contributed by atoms with E-state index in [2.05, 4.69) is 12.1 Å². The highest BCUT2D eigenvalue weighted by atomic mass is 16.3. The first-order valence-corrected chi connectivity index (χ1v) is 7.66. The quantitative estimate of drug-likeness (QED) is 0.854. The number of aliphatic hydroxyl groups is 1. The number of amides is 1. The fourth-order valence-electron chi connectivity index (χ4n) is 4.10. The van der Waals surface area contributed by atoms with Crippen molar-refractivity contribution in [1.29, 1.82) is 0 Å². The van der Waals surface area contributed by atoms with Gasteiger partial charge in [-0.1, -0.05) is 43.2 Å². The summed E-state index contributed by atoms with van der Waals surface area (Å²) in [6, 6.07) is 10.2. The second kappa shape index (κ2) is 5.21. The van der Waals surface area contributed by atoms with Gasteiger partial charge in [-0.25, -0.2) is 0 Å². The summed E-state index contributed by atoms with van der Waals surface area (Å²) in [5.41, 5.74) is 0.581. The molecular weight excluding hydrogens is 250 g/mol. The molecular formula is C17H23NO2. The standard InChI is InChI=1S/C17H23NO2/c1-13(19)18-12-11-17(20)10-6-5-9-15(17)16(18)14-7-3-2-4-8-14/h2-4,7-8,15-16,20H,5-6,9-12H2,1H3/t15-,16+,17+/m0/s1. The maximum absolute atomic E-state index is 12.0. The third-order valence-electron chi connectivity index (χ3n) is 5.11. The number of hydrogen-bond donors (Lipinski definition) is 1. The number of hydrogen-bond acceptors (Lipinski definition) is 2. The lowest BCUT2D eigenvalue weighted by atomic mass is 9.66. The monoisotopic (exact) mass is 273 g/mol. The molecule has 3 atom stereocenters. The predicted molar refractivity (Wildman–Crippen MR) is 78.1 cm³/mol. The van der Waals surface area contributed by atoms with Crippen LogP contribution in [0.2, 0.25) is 0 Å². The van der Waals surface area contributed by atoms with E-state index in [1.807, 2.05) is 23.1 Å². The molecule has 1 aliphatic heterocycles. The van der Waals surface area contributed by atoms with Crippen molar-refractivity contribution in [2.45, 2.75) is 50.7 Å². The Kier molecular flexibility index (Phi) is 3.55. The third-order valence-corrected chi connectivity index (χ3v) is 5.11. The SMILES string of the molecule is CC(=O)N1CC[C@]2(O)CCCC[C@H]2[C@H]1c1ccccc1. The van der Waals surface area contributed by atoms with E-state index in [-0.39, 0.29) is 17.9 Å². The molecule has 0 aromatic heterocycles. The lowest BCUT2D eigenvalue weighted by molar-refractivity contribution is -0.153. The molecule has 0 spiro atoms. The average Bonchev–Trinajstić information content (AvgIpc) is 2.46. The Morgan fingerprint density at radius 3 is 2.70 bits per heavy atom. The molecule has 1 saturated carbocycles. The predicted octanol–water partition coefficient (Wildman–Crippen LogP) is 2.90. The first-order valence-electron chi connectivity index (χ1n) is 7.66. The van der Waals surface area contributed by atoms with Gasteiger partial charge in [0.2, 0.25) is 5.91 Å². The molecule has 108 valence electrons. The van der Waals surface area contributed by atoms with Crippen LogP contribution < -0.4 is 0 Å². The van der Waals surface area contributed by atoms with Gasteiger partial charge in [0.1, 0.15) is 0 Å². The van der Waals surface area contributed by atoms with Gasteiger partial charge in [0.05, 0.1) is 11.6 Å². The molecule has 1 aromatic carbocycles. The maximum Gasteiger partial charge on any atom is 0.219 e. The Hall–Kier alpha value is -1.35. The highest BCUT2D eigenvalue weighted by Gasteiger charge is 2.49. The Balaban J connectivity index is 2.00. The van der Waals surface area contributed by atoms with Gasteiger partial charge in [0.15, 0.2) is 0 Å². The van der Waals surface area contributed by atoms with Crippen LogP contribution in [0.1, 0.15) is 50.6 Å². The highest BCUT2D eigenvalue weighted by molar-refractivity contribution is 5.74. The van der Waals surface area contributed by atoms with Crippen LogP contribution in [0.5, 0.6) is 0 Å². The van der Waals surface area contributed by atoms with E-state index in [1.165, 1.54) is 0 Å². The van der Waals surface area contributed by atoms with Gasteiger partial charge >= 0.3 is 0 Å². The number of piperidine rings is 1. The first kappa shape index (κ1) is 13.6. The van der Waals surface area contributed by atoms with Crippen LogP contribution in [0.15, 0.2) is 30.3 Å². The normalized spacial score (nSPS) is 33.6. The zero-order chi connectivity index (χ0) is 14.2. The van der Waals surface area contributed by atoms with Gasteiger partial charge in [-0.15, -0.1) is 0 Å². The molecule has 3 heteroatoms. The number of nitrogens with zero attached hydrogens (tertiary/aromatic N) is 1. The zero-order valence-corrected chi connectivity index (χ0v) is 12.1. The van der Waals surface area contributed by atoms with Gasteiger partial charge in [0, 0.05) is 19.4 Å². The summed E-state index contributed by atoms with van der Waals surface area (Å²) in [5.74, 6) is 0.294. The van der Waals surface area contributed by atoms with Crippen molar-refractivity contribution in [2.75, 3.05) is 6.54 Å². The van der Waals surface area contributed by atoms with Crippen LogP contribution in [0.25, 0.3) is 0 Å². The molecule has 3 nitrogen and oxygen atoms in total. The third kappa shape index (κ3) is 2.24. The molecule has 3 rings (SSSR count). The molecule has 1 N–H and O–H groups in total. The van der Waals surface area contributed by atoms with E-state index in [4.69, 9.17) is 0 Å². The number of likely N-dealkylation sites (tertiary alicyclic amines) is 1. The van der Waals surface area contributed by atoms with E-state index in [0.29, 0.717) is 6.54 Å². The van der Waals surface area contributed by atoms with Crippen LogP contribution in [0.4, 0.5) is 0 Å². The second-order valence-corrected chi connectivity index (χ2v) is 6.27. The van der Waals surface area contributed by atoms with Crippen LogP contribution in [-0.4, -0.2) is 28.1 Å². The molecule has 1 aliphatic carbocycles. The summed E-state index contributed by atoms with van der Waals surface area (Å²) in [4.78, 5) is 14.0. The lowest BCUT2D eigenvalue weighted by Crippen LogP contribution is -2.55. The maximum atomic E-state index is 12.0. The van der Waals surface area contributed by atoms with Gasteiger partial charge in [-0.05, 0) is 24.8 Å². The summed E-state index contributed by atoms with van der Waals surface area (Å²) >= 11 is 0. The fraction of sp³-hybridized carbons (Fsp3) is 0.588. The van der Waals surface area contributed by atoms with Crippen LogP contribution in [0, 0.1) is 5.92 Å². The summed E-state index contributed by atoms with van der Waals surface area (Å²) < 4.78 is 0. The van der Waals surface area contributed by atoms with Gasteiger partial charge in [-0.2, -0.15) is 0 Å². The van der Waals surface area contributed by atoms with E-state index >= 15 is 0 Å². The fourth-order valence-corrected chi connectivity index (χ4v) is 4.10. The van der Waals surface area contributed by atoms with E-state index in [0.717, 1.165) is 37.7 Å². The van der Waals surface area contributed by atoms with Crippen molar-refractivity contribution < 1.29 is 9.90 Å². The number of rotatable bonds is 1. The Labute approximate surface area is 120 Å². The molecule has 2 fully saturated rings. The van der Waals surface area contributed by atoms with Crippen molar-refractivity contribution in [3.05, 3.63) is 35.9 Å². The van der Waals surface area contributed by atoms with Crippen LogP contribution in [-0.2, 0) is 4.79 Å². The van der Waals surface area contributed by atoms with E-state index < -0.39 is 5.60 Å². The Bertz CT molecular complexity index is 487. The minimum absolute atomic E-state index is 0.0350. The molecule has 0 bridgehead atoms. The Morgan fingerprint density at radius 1 is 1.25 bits per heavy atom. The van der Waals surface area contributed by atoms with Crippen molar-refractivity contribution in [1.82, 2.24) is 4.90 Å². The number of carbonyl (C=O) groups excluding carboxylic acids is 1. The molecule has 2 aliphatic rings. The van der Waals surface area contributed by atoms with Crippen LogP contribution in [0.3, 0.4) is 0 Å². The summed E-state index contributed by atoms with van der Waals surface area (Å²) in [6.45, 7) is 2.31. The first-order chi connectivity index (χ1) is 9.62. The lowest BCUT2D eigenvalue weighted by Gasteiger charge is -2.52. The molecule has 0 radical (unpaired) electrons. The number of benzene rings is 1. The van der Waals surface area contributed by atoms with E-state index in [9.17, 15) is 9.90 Å². The molecule has 20 heavy (non-hydrogen) atoms. The minimum Gasteiger partial charge on any atom is -0.389 e.